The van der Waals surface area contributed by atoms with Crippen LogP contribution in [0.4, 0.5) is 0 Å². The van der Waals surface area contributed by atoms with Crippen molar-refractivity contribution >= 4 is 6.29 Å². The fourth-order valence-corrected chi connectivity index (χ4v) is 1.18. The van der Waals surface area contributed by atoms with Gasteiger partial charge in [-0.25, -0.2) is 0 Å². The number of aldehydes is 1. The standard InChI is InChI=1S/C7H12O6/c1-12-7-6(11)5(10)4(9)3(2-8)13-7/h2-7,9-11H,1H3/t3-,4-,5+,6-,7-/m1/s1. The van der Waals surface area contributed by atoms with Gasteiger partial charge in [-0.1, -0.05) is 0 Å². The van der Waals surface area contributed by atoms with Crippen molar-refractivity contribution in [3.63, 3.8) is 0 Å². The van der Waals surface area contributed by atoms with Crippen LogP contribution in [0, 0.1) is 0 Å². The molecule has 1 rings (SSSR count). The van der Waals surface area contributed by atoms with E-state index in [0.29, 0.717) is 6.29 Å². The SMILES string of the molecule is CO[C@@H]1O[C@H](C=O)[C@@H](O)[C@H](O)[C@H]1O. The summed E-state index contributed by atoms with van der Waals surface area (Å²) in [5.74, 6) is 0. The molecule has 0 amide bonds. The van der Waals surface area contributed by atoms with E-state index in [-0.39, 0.29) is 0 Å². The number of hydrogen-bond donors (Lipinski definition) is 3. The van der Waals surface area contributed by atoms with Crippen molar-refractivity contribution in [2.24, 2.45) is 0 Å². The van der Waals surface area contributed by atoms with Crippen LogP contribution in [0.5, 0.6) is 0 Å². The molecule has 0 saturated carbocycles. The summed E-state index contributed by atoms with van der Waals surface area (Å²) in [5.41, 5.74) is 0. The molecule has 0 aromatic rings. The molecule has 1 aliphatic rings. The normalized spacial score (nSPS) is 46.0. The molecule has 13 heavy (non-hydrogen) atoms. The number of carbonyl (C=O) groups excluding carboxylic acids is 1. The van der Waals surface area contributed by atoms with Crippen LogP contribution in [0.1, 0.15) is 0 Å². The Morgan fingerprint density at radius 2 is 1.85 bits per heavy atom. The summed E-state index contributed by atoms with van der Waals surface area (Å²) in [6.07, 6.45) is -6.10. The van der Waals surface area contributed by atoms with Crippen molar-refractivity contribution in [3.8, 4) is 0 Å². The Balaban J connectivity index is 2.71. The first-order valence-corrected chi connectivity index (χ1v) is 3.79. The predicted octanol–water partition coefficient (Wildman–Crippen LogP) is -2.36. The second-order valence-corrected chi connectivity index (χ2v) is 2.81. The Bertz CT molecular complexity index is 182. The summed E-state index contributed by atoms with van der Waals surface area (Å²) in [4.78, 5) is 10.4. The summed E-state index contributed by atoms with van der Waals surface area (Å²) in [7, 11) is 1.26. The smallest absolute Gasteiger partial charge is 0.186 e. The van der Waals surface area contributed by atoms with Gasteiger partial charge in [0.05, 0.1) is 0 Å². The lowest BCUT2D eigenvalue weighted by atomic mass is 10.00. The van der Waals surface area contributed by atoms with Crippen molar-refractivity contribution in [3.05, 3.63) is 0 Å². The van der Waals surface area contributed by atoms with Crippen LogP contribution in [-0.4, -0.2) is 59.4 Å². The number of aliphatic hydroxyl groups is 3. The van der Waals surface area contributed by atoms with E-state index in [1.807, 2.05) is 0 Å². The summed E-state index contributed by atoms with van der Waals surface area (Å²) < 4.78 is 9.48. The zero-order valence-corrected chi connectivity index (χ0v) is 7.03. The van der Waals surface area contributed by atoms with Crippen LogP contribution in [0.2, 0.25) is 0 Å². The van der Waals surface area contributed by atoms with Crippen LogP contribution in [0.3, 0.4) is 0 Å². The third-order valence-corrected chi connectivity index (χ3v) is 1.97. The quantitative estimate of drug-likeness (QED) is 0.423. The van der Waals surface area contributed by atoms with Gasteiger partial charge in [-0.3, -0.25) is 0 Å². The fraction of sp³-hybridized carbons (Fsp3) is 0.857. The molecule has 76 valence electrons. The molecule has 3 N–H and O–H groups in total. The lowest BCUT2D eigenvalue weighted by Gasteiger charge is -2.37. The van der Waals surface area contributed by atoms with Gasteiger partial charge in [-0.2, -0.15) is 0 Å². The first kappa shape index (κ1) is 10.6. The molecule has 0 unspecified atom stereocenters. The summed E-state index contributed by atoms with van der Waals surface area (Å²) in [5, 5.41) is 27.7. The van der Waals surface area contributed by atoms with Crippen molar-refractivity contribution < 1.29 is 29.6 Å². The van der Waals surface area contributed by atoms with Gasteiger partial charge in [0, 0.05) is 7.11 Å². The predicted molar refractivity (Wildman–Crippen MR) is 39.8 cm³/mol. The highest BCUT2D eigenvalue weighted by atomic mass is 16.7. The van der Waals surface area contributed by atoms with E-state index in [9.17, 15) is 20.1 Å². The van der Waals surface area contributed by atoms with E-state index < -0.39 is 30.7 Å². The molecule has 1 saturated heterocycles. The molecule has 0 aromatic heterocycles. The number of hydrogen-bond acceptors (Lipinski definition) is 6. The molecule has 5 atom stereocenters. The second kappa shape index (κ2) is 4.12. The highest BCUT2D eigenvalue weighted by Crippen LogP contribution is 2.20. The third-order valence-electron chi connectivity index (χ3n) is 1.97. The molecule has 0 spiro atoms. The molecule has 1 aliphatic heterocycles. The molecule has 6 heteroatoms. The average Bonchev–Trinajstić information content (AvgIpc) is 2.15. The lowest BCUT2D eigenvalue weighted by molar-refractivity contribution is -0.280. The average molecular weight is 192 g/mol. The minimum absolute atomic E-state index is 0.353. The second-order valence-electron chi connectivity index (χ2n) is 2.81. The Morgan fingerprint density at radius 3 is 2.31 bits per heavy atom. The van der Waals surface area contributed by atoms with E-state index in [2.05, 4.69) is 4.74 Å². The maximum Gasteiger partial charge on any atom is 0.186 e. The highest BCUT2D eigenvalue weighted by molar-refractivity contribution is 5.57. The van der Waals surface area contributed by atoms with E-state index in [4.69, 9.17) is 4.74 Å². The van der Waals surface area contributed by atoms with Crippen LogP contribution in [0.15, 0.2) is 0 Å². The monoisotopic (exact) mass is 192 g/mol. The van der Waals surface area contributed by atoms with Gasteiger partial charge in [-0.05, 0) is 0 Å². The highest BCUT2D eigenvalue weighted by Gasteiger charge is 2.43. The third kappa shape index (κ3) is 1.87. The van der Waals surface area contributed by atoms with E-state index in [0.717, 1.165) is 0 Å². The van der Waals surface area contributed by atoms with Gasteiger partial charge >= 0.3 is 0 Å². The zero-order valence-electron chi connectivity index (χ0n) is 7.03. The maximum absolute atomic E-state index is 10.4. The summed E-state index contributed by atoms with van der Waals surface area (Å²) in [6, 6.07) is 0. The Kier molecular flexibility index (Phi) is 3.34. The number of carbonyl (C=O) groups is 1. The minimum atomic E-state index is -1.44. The van der Waals surface area contributed by atoms with Crippen LogP contribution in [-0.2, 0) is 14.3 Å². The van der Waals surface area contributed by atoms with E-state index in [1.165, 1.54) is 7.11 Å². The molecule has 0 radical (unpaired) electrons. The first-order chi connectivity index (χ1) is 6.11. The minimum Gasteiger partial charge on any atom is -0.387 e. The molecule has 1 fully saturated rings. The topological polar surface area (TPSA) is 96.2 Å². The van der Waals surface area contributed by atoms with Gasteiger partial charge in [0.15, 0.2) is 12.6 Å². The molecule has 0 aromatic carbocycles. The largest absolute Gasteiger partial charge is 0.387 e. The van der Waals surface area contributed by atoms with Crippen LogP contribution in [0.25, 0.3) is 0 Å². The van der Waals surface area contributed by atoms with E-state index >= 15 is 0 Å². The lowest BCUT2D eigenvalue weighted by Crippen LogP contribution is -2.58. The van der Waals surface area contributed by atoms with Gasteiger partial charge in [0.1, 0.15) is 24.4 Å². The molecule has 0 bridgehead atoms. The maximum atomic E-state index is 10.4. The van der Waals surface area contributed by atoms with Crippen molar-refractivity contribution in [2.45, 2.75) is 30.7 Å². The molecule has 6 nitrogen and oxygen atoms in total. The molecular weight excluding hydrogens is 180 g/mol. The van der Waals surface area contributed by atoms with Crippen molar-refractivity contribution in [1.82, 2.24) is 0 Å². The zero-order chi connectivity index (χ0) is 10.0. The van der Waals surface area contributed by atoms with Crippen molar-refractivity contribution in [1.29, 1.82) is 0 Å². The molecule has 0 aliphatic carbocycles. The van der Waals surface area contributed by atoms with Crippen molar-refractivity contribution in [2.75, 3.05) is 7.11 Å². The summed E-state index contributed by atoms with van der Waals surface area (Å²) in [6.45, 7) is 0. The van der Waals surface area contributed by atoms with Crippen LogP contribution >= 0.6 is 0 Å². The molecule has 1 heterocycles. The molecular formula is C7H12O6. The van der Waals surface area contributed by atoms with Gasteiger partial charge in [0.2, 0.25) is 0 Å². The number of aliphatic hydroxyl groups excluding tert-OH is 3. The summed E-state index contributed by atoms with van der Waals surface area (Å²) >= 11 is 0. The number of methoxy groups -OCH3 is 1. The fourth-order valence-electron chi connectivity index (χ4n) is 1.18. The number of ether oxygens (including phenoxy) is 2. The van der Waals surface area contributed by atoms with Gasteiger partial charge in [0.25, 0.3) is 0 Å². The Morgan fingerprint density at radius 1 is 1.23 bits per heavy atom. The van der Waals surface area contributed by atoms with Gasteiger partial charge < -0.3 is 29.6 Å². The Labute approximate surface area is 74.7 Å². The van der Waals surface area contributed by atoms with Crippen LogP contribution < -0.4 is 0 Å². The first-order valence-electron chi connectivity index (χ1n) is 3.79. The van der Waals surface area contributed by atoms with E-state index in [1.54, 1.807) is 0 Å². The van der Waals surface area contributed by atoms with Gasteiger partial charge in [-0.15, -0.1) is 0 Å². The Hall–Kier alpha value is -0.530. The number of rotatable bonds is 2.